The van der Waals surface area contributed by atoms with Gasteiger partial charge in [0, 0.05) is 13.1 Å². The van der Waals surface area contributed by atoms with Crippen molar-refractivity contribution in [3.63, 3.8) is 0 Å². The maximum absolute atomic E-state index is 12.5. The molecule has 102 valence electrons. The molecule has 2 amide bonds. The minimum absolute atomic E-state index is 0.0639. The highest BCUT2D eigenvalue weighted by Crippen LogP contribution is 2.22. The van der Waals surface area contributed by atoms with Gasteiger partial charge >= 0.3 is 0 Å². The molecule has 0 aromatic rings. The molecule has 2 N–H and O–H groups in total. The van der Waals surface area contributed by atoms with Gasteiger partial charge in [-0.25, -0.2) is 0 Å². The third-order valence-electron chi connectivity index (χ3n) is 4.08. The van der Waals surface area contributed by atoms with E-state index in [4.69, 9.17) is 0 Å². The van der Waals surface area contributed by atoms with E-state index in [1.54, 1.807) is 4.90 Å². The largest absolute Gasteiger partial charge is 0.352 e. The van der Waals surface area contributed by atoms with Gasteiger partial charge in [-0.15, -0.1) is 0 Å². The summed E-state index contributed by atoms with van der Waals surface area (Å²) in [6.07, 6.45) is 1.99. The van der Waals surface area contributed by atoms with Gasteiger partial charge in [0.1, 0.15) is 5.54 Å². The SMILES string of the molecule is CC1CCNC(C(=O)N2CCNC(=O)C2(C)C)C1. The lowest BCUT2D eigenvalue weighted by atomic mass is 9.91. The van der Waals surface area contributed by atoms with E-state index in [0.29, 0.717) is 19.0 Å². The van der Waals surface area contributed by atoms with Crippen LogP contribution in [0.5, 0.6) is 0 Å². The van der Waals surface area contributed by atoms with Gasteiger partial charge in [-0.3, -0.25) is 9.59 Å². The zero-order valence-electron chi connectivity index (χ0n) is 11.5. The lowest BCUT2D eigenvalue weighted by Crippen LogP contribution is -2.66. The molecule has 2 aliphatic heterocycles. The monoisotopic (exact) mass is 253 g/mol. The summed E-state index contributed by atoms with van der Waals surface area (Å²) in [6, 6.07) is -0.126. The second-order valence-corrected chi connectivity index (χ2v) is 5.94. The normalized spacial score (nSPS) is 31.9. The fourth-order valence-electron chi connectivity index (χ4n) is 2.77. The Morgan fingerprint density at radius 3 is 2.78 bits per heavy atom. The molecule has 2 heterocycles. The Balaban J connectivity index is 2.10. The lowest BCUT2D eigenvalue weighted by molar-refractivity contribution is -0.151. The van der Waals surface area contributed by atoms with E-state index < -0.39 is 5.54 Å². The van der Waals surface area contributed by atoms with Crippen molar-refractivity contribution in [3.8, 4) is 0 Å². The fraction of sp³-hybridized carbons (Fsp3) is 0.846. The van der Waals surface area contributed by atoms with Crippen LogP contribution in [0.15, 0.2) is 0 Å². The molecule has 0 aliphatic carbocycles. The van der Waals surface area contributed by atoms with Gasteiger partial charge in [0.05, 0.1) is 6.04 Å². The smallest absolute Gasteiger partial charge is 0.245 e. The average molecular weight is 253 g/mol. The number of amides is 2. The minimum Gasteiger partial charge on any atom is -0.352 e. The highest BCUT2D eigenvalue weighted by atomic mass is 16.2. The van der Waals surface area contributed by atoms with E-state index in [2.05, 4.69) is 17.6 Å². The zero-order chi connectivity index (χ0) is 13.3. The molecule has 2 unspecified atom stereocenters. The van der Waals surface area contributed by atoms with Crippen molar-refractivity contribution < 1.29 is 9.59 Å². The molecule has 0 saturated carbocycles. The van der Waals surface area contributed by atoms with E-state index in [1.165, 1.54) is 0 Å². The minimum atomic E-state index is -0.738. The predicted molar refractivity (Wildman–Crippen MR) is 69.0 cm³/mol. The molecule has 2 fully saturated rings. The van der Waals surface area contributed by atoms with Crippen molar-refractivity contribution in [2.45, 2.75) is 45.2 Å². The lowest BCUT2D eigenvalue weighted by Gasteiger charge is -2.43. The molecule has 2 aliphatic rings. The molecule has 0 aromatic carbocycles. The number of carbonyl (C=O) groups excluding carboxylic acids is 2. The van der Waals surface area contributed by atoms with Crippen LogP contribution in [0.2, 0.25) is 0 Å². The molecular formula is C13H23N3O2. The number of hydrogen-bond donors (Lipinski definition) is 2. The standard InChI is InChI=1S/C13H23N3O2/c1-9-4-5-14-10(8-9)11(17)16-7-6-15-12(18)13(16,2)3/h9-10,14H,4-8H2,1-3H3,(H,15,18). The predicted octanol–water partition coefficient (Wildman–Crippen LogP) is 0.112. The average Bonchev–Trinajstić information content (AvgIpc) is 2.32. The molecule has 0 spiro atoms. The molecule has 5 nitrogen and oxygen atoms in total. The first-order chi connectivity index (χ1) is 8.43. The summed E-state index contributed by atoms with van der Waals surface area (Å²) in [7, 11) is 0. The summed E-state index contributed by atoms with van der Waals surface area (Å²) < 4.78 is 0. The van der Waals surface area contributed by atoms with Crippen LogP contribution in [0.1, 0.15) is 33.6 Å². The molecular weight excluding hydrogens is 230 g/mol. The number of nitrogens with zero attached hydrogens (tertiary/aromatic N) is 1. The topological polar surface area (TPSA) is 61.4 Å². The number of carbonyl (C=O) groups is 2. The van der Waals surface area contributed by atoms with E-state index in [0.717, 1.165) is 19.4 Å². The van der Waals surface area contributed by atoms with Gasteiger partial charge in [0.2, 0.25) is 11.8 Å². The van der Waals surface area contributed by atoms with Crippen LogP contribution in [-0.4, -0.2) is 47.9 Å². The van der Waals surface area contributed by atoms with Crippen LogP contribution in [-0.2, 0) is 9.59 Å². The van der Waals surface area contributed by atoms with E-state index in [9.17, 15) is 9.59 Å². The zero-order valence-corrected chi connectivity index (χ0v) is 11.5. The Labute approximate surface area is 108 Å². The molecule has 0 aromatic heterocycles. The Bertz CT molecular complexity index is 354. The second-order valence-electron chi connectivity index (χ2n) is 5.94. The third kappa shape index (κ3) is 2.36. The quantitative estimate of drug-likeness (QED) is 0.697. The van der Waals surface area contributed by atoms with Crippen molar-refractivity contribution in [2.75, 3.05) is 19.6 Å². The first-order valence-corrected chi connectivity index (χ1v) is 6.76. The van der Waals surface area contributed by atoms with Crippen molar-refractivity contribution in [1.29, 1.82) is 0 Å². The molecule has 2 saturated heterocycles. The maximum atomic E-state index is 12.5. The summed E-state index contributed by atoms with van der Waals surface area (Å²) in [4.78, 5) is 26.1. The number of piperazine rings is 1. The maximum Gasteiger partial charge on any atom is 0.245 e. The van der Waals surface area contributed by atoms with E-state index in [-0.39, 0.29) is 17.9 Å². The Hall–Kier alpha value is -1.10. The van der Waals surface area contributed by atoms with Crippen LogP contribution in [0.25, 0.3) is 0 Å². The third-order valence-corrected chi connectivity index (χ3v) is 4.08. The van der Waals surface area contributed by atoms with Crippen molar-refractivity contribution in [1.82, 2.24) is 15.5 Å². The first-order valence-electron chi connectivity index (χ1n) is 6.76. The molecule has 2 rings (SSSR count). The Morgan fingerprint density at radius 1 is 1.39 bits per heavy atom. The summed E-state index contributed by atoms with van der Waals surface area (Å²) >= 11 is 0. The Morgan fingerprint density at radius 2 is 2.11 bits per heavy atom. The van der Waals surface area contributed by atoms with Gasteiger partial charge in [0.25, 0.3) is 0 Å². The van der Waals surface area contributed by atoms with Crippen molar-refractivity contribution in [2.24, 2.45) is 5.92 Å². The molecule has 0 radical (unpaired) electrons. The van der Waals surface area contributed by atoms with Crippen LogP contribution in [0.4, 0.5) is 0 Å². The summed E-state index contributed by atoms with van der Waals surface area (Å²) in [5, 5.41) is 6.09. The highest BCUT2D eigenvalue weighted by Gasteiger charge is 2.42. The van der Waals surface area contributed by atoms with Gasteiger partial charge in [-0.05, 0) is 39.2 Å². The van der Waals surface area contributed by atoms with Gasteiger partial charge in [-0.2, -0.15) is 0 Å². The van der Waals surface area contributed by atoms with Gasteiger partial charge < -0.3 is 15.5 Å². The van der Waals surface area contributed by atoms with Crippen LogP contribution in [0, 0.1) is 5.92 Å². The summed E-state index contributed by atoms with van der Waals surface area (Å²) in [5.41, 5.74) is -0.738. The first kappa shape index (κ1) is 13.3. The molecule has 18 heavy (non-hydrogen) atoms. The van der Waals surface area contributed by atoms with E-state index >= 15 is 0 Å². The fourth-order valence-corrected chi connectivity index (χ4v) is 2.77. The number of piperidine rings is 1. The second kappa shape index (κ2) is 4.88. The molecule has 0 bridgehead atoms. The summed E-state index contributed by atoms with van der Waals surface area (Å²) in [5.74, 6) is 0.578. The Kier molecular flexibility index (Phi) is 3.61. The molecule has 5 heteroatoms. The van der Waals surface area contributed by atoms with Crippen LogP contribution in [0.3, 0.4) is 0 Å². The van der Waals surface area contributed by atoms with E-state index in [1.807, 2.05) is 13.8 Å². The summed E-state index contributed by atoms with van der Waals surface area (Å²) in [6.45, 7) is 7.84. The number of nitrogens with one attached hydrogen (secondary N) is 2. The highest BCUT2D eigenvalue weighted by molar-refractivity contribution is 5.93. The van der Waals surface area contributed by atoms with Crippen LogP contribution >= 0.6 is 0 Å². The van der Waals surface area contributed by atoms with Gasteiger partial charge in [0.15, 0.2) is 0 Å². The van der Waals surface area contributed by atoms with Crippen molar-refractivity contribution >= 4 is 11.8 Å². The number of rotatable bonds is 1. The number of hydrogen-bond acceptors (Lipinski definition) is 3. The van der Waals surface area contributed by atoms with Crippen molar-refractivity contribution in [3.05, 3.63) is 0 Å². The molecule has 2 atom stereocenters. The van der Waals surface area contributed by atoms with Crippen LogP contribution < -0.4 is 10.6 Å². The van der Waals surface area contributed by atoms with Gasteiger partial charge in [-0.1, -0.05) is 6.92 Å².